The largest absolute Gasteiger partial charge is 0.348 e. The van der Waals surface area contributed by atoms with Crippen LogP contribution in [0.5, 0.6) is 0 Å². The Kier molecular flexibility index (Phi) is 3.55. The van der Waals surface area contributed by atoms with Gasteiger partial charge in [0.15, 0.2) is 0 Å². The highest BCUT2D eigenvalue weighted by molar-refractivity contribution is 5.78. The average Bonchev–Trinajstić information content (AvgIpc) is 2.59. The quantitative estimate of drug-likeness (QED) is 0.831. The molecule has 5 heteroatoms. The molecule has 1 aromatic rings. The first-order valence-electron chi connectivity index (χ1n) is 7.22. The fourth-order valence-electron chi connectivity index (χ4n) is 3.18. The van der Waals surface area contributed by atoms with Crippen molar-refractivity contribution in [1.82, 2.24) is 20.2 Å². The maximum atomic E-state index is 12.4. The van der Waals surface area contributed by atoms with Crippen LogP contribution in [0.4, 0.5) is 0 Å². The first-order valence-corrected chi connectivity index (χ1v) is 7.22. The highest BCUT2D eigenvalue weighted by Crippen LogP contribution is 2.21. The zero-order valence-corrected chi connectivity index (χ0v) is 11.5. The molecule has 2 atom stereocenters. The van der Waals surface area contributed by atoms with Gasteiger partial charge in [-0.2, -0.15) is 0 Å². The lowest BCUT2D eigenvalue weighted by Gasteiger charge is -2.28. The van der Waals surface area contributed by atoms with Crippen molar-refractivity contribution in [3.05, 3.63) is 17.7 Å². The lowest BCUT2D eigenvalue weighted by Crippen LogP contribution is -2.42. The highest BCUT2D eigenvalue weighted by Gasteiger charge is 2.29. The number of nitrogens with one attached hydrogen (secondary N) is 2. The number of amides is 1. The molecular weight excluding hydrogens is 240 g/mol. The molecule has 0 aliphatic carbocycles. The Balaban J connectivity index is 1.68. The molecule has 2 saturated heterocycles. The third kappa shape index (κ3) is 2.81. The van der Waals surface area contributed by atoms with Gasteiger partial charge in [0.25, 0.3) is 0 Å². The van der Waals surface area contributed by atoms with Crippen molar-refractivity contribution in [2.75, 3.05) is 19.6 Å². The van der Waals surface area contributed by atoms with E-state index in [9.17, 15) is 4.79 Å². The summed E-state index contributed by atoms with van der Waals surface area (Å²) in [6, 6.07) is 0.483. The first kappa shape index (κ1) is 12.7. The summed E-state index contributed by atoms with van der Waals surface area (Å²) < 4.78 is 0. The van der Waals surface area contributed by atoms with Crippen LogP contribution in [0.1, 0.15) is 30.7 Å². The van der Waals surface area contributed by atoms with Crippen LogP contribution in [0.3, 0.4) is 0 Å². The van der Waals surface area contributed by atoms with Gasteiger partial charge in [0.05, 0.1) is 18.4 Å². The Morgan fingerprint density at radius 1 is 1.47 bits per heavy atom. The molecule has 0 aromatic carbocycles. The van der Waals surface area contributed by atoms with Gasteiger partial charge in [-0.3, -0.25) is 4.79 Å². The number of aromatic nitrogens is 2. The molecule has 0 saturated carbocycles. The van der Waals surface area contributed by atoms with Crippen molar-refractivity contribution in [3.63, 3.8) is 0 Å². The molecule has 3 heterocycles. The third-order valence-corrected chi connectivity index (χ3v) is 4.39. The molecule has 2 aliphatic heterocycles. The average molecular weight is 262 g/mol. The van der Waals surface area contributed by atoms with Crippen molar-refractivity contribution >= 4 is 5.91 Å². The monoisotopic (exact) mass is 262 g/mol. The topological polar surface area (TPSA) is 61.0 Å². The summed E-state index contributed by atoms with van der Waals surface area (Å²) in [5, 5.41) is 3.58. The van der Waals surface area contributed by atoms with Crippen molar-refractivity contribution in [2.24, 2.45) is 5.92 Å². The molecule has 5 nitrogen and oxygen atoms in total. The van der Waals surface area contributed by atoms with Crippen LogP contribution >= 0.6 is 0 Å². The number of aromatic amines is 1. The number of hydrogen-bond donors (Lipinski definition) is 2. The molecule has 1 aromatic heterocycles. The molecule has 2 N–H and O–H groups in total. The minimum atomic E-state index is 0.218. The fourth-order valence-corrected chi connectivity index (χ4v) is 3.18. The van der Waals surface area contributed by atoms with Crippen LogP contribution in [0, 0.1) is 12.8 Å². The number of carbonyl (C=O) groups is 1. The number of aryl methyl sites for hydroxylation is 1. The molecule has 2 bridgehead atoms. The third-order valence-electron chi connectivity index (χ3n) is 4.39. The SMILES string of the molecule is Cc1[nH]cnc1CC(=O)N1C[C@H]2CCC[C@@H](C1)NC2. The Bertz CT molecular complexity index is 442. The summed E-state index contributed by atoms with van der Waals surface area (Å²) in [5.41, 5.74) is 1.88. The van der Waals surface area contributed by atoms with Gasteiger partial charge >= 0.3 is 0 Å². The molecule has 1 amide bonds. The van der Waals surface area contributed by atoms with E-state index in [2.05, 4.69) is 15.3 Å². The molecule has 0 unspecified atom stereocenters. The number of carbonyl (C=O) groups excluding carboxylic acids is 1. The summed E-state index contributed by atoms with van der Waals surface area (Å²) in [5.74, 6) is 0.840. The molecule has 0 spiro atoms. The van der Waals surface area contributed by atoms with E-state index < -0.39 is 0 Å². The lowest BCUT2D eigenvalue weighted by molar-refractivity contribution is -0.131. The number of likely N-dealkylation sites (tertiary alicyclic amines) is 1. The number of hydrogen-bond acceptors (Lipinski definition) is 3. The predicted molar refractivity (Wildman–Crippen MR) is 72.7 cm³/mol. The molecule has 3 rings (SSSR count). The molecule has 0 radical (unpaired) electrons. The second-order valence-electron chi connectivity index (χ2n) is 5.85. The Hall–Kier alpha value is -1.36. The predicted octanol–water partition coefficient (Wildman–Crippen LogP) is 0.861. The summed E-state index contributed by atoms with van der Waals surface area (Å²) in [6.07, 6.45) is 5.82. The minimum Gasteiger partial charge on any atom is -0.348 e. The van der Waals surface area contributed by atoms with Gasteiger partial charge in [-0.1, -0.05) is 6.42 Å². The molecular formula is C14H22N4O. The van der Waals surface area contributed by atoms with Crippen LogP contribution in [-0.4, -0.2) is 46.5 Å². The van der Waals surface area contributed by atoms with E-state index >= 15 is 0 Å². The van der Waals surface area contributed by atoms with Crippen molar-refractivity contribution in [1.29, 1.82) is 0 Å². The first-order chi connectivity index (χ1) is 9.22. The molecule has 2 fully saturated rings. The van der Waals surface area contributed by atoms with Gasteiger partial charge in [-0.05, 0) is 32.2 Å². The van der Waals surface area contributed by atoms with Crippen LogP contribution in [0.25, 0.3) is 0 Å². The van der Waals surface area contributed by atoms with Crippen LogP contribution in [0.2, 0.25) is 0 Å². The maximum Gasteiger partial charge on any atom is 0.228 e. The van der Waals surface area contributed by atoms with Gasteiger partial charge in [-0.15, -0.1) is 0 Å². The van der Waals surface area contributed by atoms with E-state index in [0.29, 0.717) is 18.4 Å². The summed E-state index contributed by atoms with van der Waals surface area (Å²) in [6.45, 7) is 4.80. The van der Waals surface area contributed by atoms with E-state index in [1.807, 2.05) is 11.8 Å². The van der Waals surface area contributed by atoms with E-state index in [4.69, 9.17) is 0 Å². The van der Waals surface area contributed by atoms with Gasteiger partial charge in [0, 0.05) is 24.8 Å². The van der Waals surface area contributed by atoms with Crippen LogP contribution in [-0.2, 0) is 11.2 Å². The summed E-state index contributed by atoms with van der Waals surface area (Å²) >= 11 is 0. The number of imidazole rings is 1. The second-order valence-corrected chi connectivity index (χ2v) is 5.85. The van der Waals surface area contributed by atoms with E-state index in [1.165, 1.54) is 19.3 Å². The van der Waals surface area contributed by atoms with Gasteiger partial charge in [-0.25, -0.2) is 4.98 Å². The second kappa shape index (κ2) is 5.33. The number of fused-ring (bicyclic) bond motifs is 3. The minimum absolute atomic E-state index is 0.218. The maximum absolute atomic E-state index is 12.4. The number of nitrogens with zero attached hydrogens (tertiary/aromatic N) is 2. The van der Waals surface area contributed by atoms with Gasteiger partial charge < -0.3 is 15.2 Å². The van der Waals surface area contributed by atoms with Crippen LogP contribution in [0.15, 0.2) is 6.33 Å². The lowest BCUT2D eigenvalue weighted by atomic mass is 9.99. The molecule has 19 heavy (non-hydrogen) atoms. The Morgan fingerprint density at radius 3 is 3.16 bits per heavy atom. The van der Waals surface area contributed by atoms with Gasteiger partial charge in [0.2, 0.25) is 5.91 Å². The summed E-state index contributed by atoms with van der Waals surface area (Å²) in [7, 11) is 0. The number of H-pyrrole nitrogens is 1. The Labute approximate surface area is 113 Å². The van der Waals surface area contributed by atoms with E-state index in [1.54, 1.807) is 6.33 Å². The number of rotatable bonds is 2. The van der Waals surface area contributed by atoms with E-state index in [-0.39, 0.29) is 5.91 Å². The Morgan fingerprint density at radius 2 is 2.37 bits per heavy atom. The van der Waals surface area contributed by atoms with E-state index in [0.717, 1.165) is 31.0 Å². The smallest absolute Gasteiger partial charge is 0.228 e. The molecule has 2 aliphatic rings. The normalized spacial score (nSPS) is 27.1. The molecule has 104 valence electrons. The van der Waals surface area contributed by atoms with Crippen molar-refractivity contribution in [3.8, 4) is 0 Å². The highest BCUT2D eigenvalue weighted by atomic mass is 16.2. The van der Waals surface area contributed by atoms with Crippen molar-refractivity contribution in [2.45, 2.75) is 38.6 Å². The fraction of sp³-hybridized carbons (Fsp3) is 0.714. The van der Waals surface area contributed by atoms with Crippen LogP contribution < -0.4 is 5.32 Å². The zero-order chi connectivity index (χ0) is 13.2. The summed E-state index contributed by atoms with van der Waals surface area (Å²) in [4.78, 5) is 21.8. The standard InChI is InChI=1S/C14H22N4O/c1-10-13(17-9-16-10)5-14(19)18-7-11-3-2-4-12(8-18)15-6-11/h9,11-12,15H,2-8H2,1H3,(H,16,17)/t11-,12-/m0/s1. The zero-order valence-electron chi connectivity index (χ0n) is 11.5. The van der Waals surface area contributed by atoms with Crippen molar-refractivity contribution < 1.29 is 4.79 Å². The van der Waals surface area contributed by atoms with Gasteiger partial charge in [0.1, 0.15) is 0 Å².